The van der Waals surface area contributed by atoms with Gasteiger partial charge in [-0.3, -0.25) is 15.1 Å². The van der Waals surface area contributed by atoms with E-state index in [1.807, 2.05) is 32.0 Å². The minimum absolute atomic E-state index is 0.172. The Morgan fingerprint density at radius 1 is 1.23 bits per heavy atom. The van der Waals surface area contributed by atoms with Crippen molar-refractivity contribution in [1.82, 2.24) is 0 Å². The fourth-order valence-electron chi connectivity index (χ4n) is 2.24. The zero-order chi connectivity index (χ0) is 16.3. The third kappa shape index (κ3) is 3.22. The number of phenols is 1. The van der Waals surface area contributed by atoms with Gasteiger partial charge in [0.15, 0.2) is 5.75 Å². The molecule has 0 aliphatic heterocycles. The topological polar surface area (TPSA) is 85.0 Å². The number of phenolic OH excluding ortho intramolecular Hbond substituents is 1. The third-order valence-corrected chi connectivity index (χ3v) is 3.09. The molecule has 2 aromatic carbocycles. The molecule has 0 bridgehead atoms. The van der Waals surface area contributed by atoms with E-state index in [-0.39, 0.29) is 22.7 Å². The quantitative estimate of drug-likeness (QED) is 0.530. The Morgan fingerprint density at radius 3 is 2.41 bits per heavy atom. The SMILES string of the molecule is COc1c(O)ccc(C=Nc2cc(C)cc(C)c2)c1[N+](=O)[O-]. The maximum absolute atomic E-state index is 11.2. The first kappa shape index (κ1) is 15.5. The zero-order valence-corrected chi connectivity index (χ0v) is 12.5. The number of aliphatic imine (C=N–C) groups is 1. The van der Waals surface area contributed by atoms with Crippen LogP contribution >= 0.6 is 0 Å². The van der Waals surface area contributed by atoms with Gasteiger partial charge < -0.3 is 9.84 Å². The molecule has 0 fully saturated rings. The second kappa shape index (κ2) is 6.26. The number of ether oxygens (including phenoxy) is 1. The maximum atomic E-state index is 11.2. The van der Waals surface area contributed by atoms with Crippen molar-refractivity contribution in [2.45, 2.75) is 13.8 Å². The smallest absolute Gasteiger partial charge is 0.323 e. The van der Waals surface area contributed by atoms with Crippen molar-refractivity contribution in [1.29, 1.82) is 0 Å². The van der Waals surface area contributed by atoms with Crippen molar-refractivity contribution in [3.63, 3.8) is 0 Å². The average molecular weight is 300 g/mol. The van der Waals surface area contributed by atoms with E-state index >= 15 is 0 Å². The lowest BCUT2D eigenvalue weighted by Gasteiger charge is -2.06. The summed E-state index contributed by atoms with van der Waals surface area (Å²) in [7, 11) is 1.27. The molecule has 0 aromatic heterocycles. The highest BCUT2D eigenvalue weighted by Crippen LogP contribution is 2.38. The highest BCUT2D eigenvalue weighted by molar-refractivity contribution is 5.89. The van der Waals surface area contributed by atoms with Crippen LogP contribution in [0.5, 0.6) is 11.5 Å². The van der Waals surface area contributed by atoms with Crippen LogP contribution in [-0.2, 0) is 0 Å². The molecule has 0 heterocycles. The van der Waals surface area contributed by atoms with E-state index in [2.05, 4.69) is 4.99 Å². The summed E-state index contributed by atoms with van der Waals surface area (Å²) < 4.78 is 4.92. The second-order valence-electron chi connectivity index (χ2n) is 4.92. The Bertz CT molecular complexity index is 734. The van der Waals surface area contributed by atoms with E-state index in [9.17, 15) is 15.2 Å². The number of rotatable bonds is 4. The molecule has 1 N–H and O–H groups in total. The third-order valence-electron chi connectivity index (χ3n) is 3.09. The van der Waals surface area contributed by atoms with E-state index in [4.69, 9.17) is 4.74 Å². The van der Waals surface area contributed by atoms with Crippen molar-refractivity contribution in [2.75, 3.05) is 7.11 Å². The molecular formula is C16H16N2O4. The zero-order valence-electron chi connectivity index (χ0n) is 12.5. The van der Waals surface area contributed by atoms with E-state index in [0.717, 1.165) is 11.1 Å². The molecule has 0 amide bonds. The van der Waals surface area contributed by atoms with Crippen LogP contribution in [0.2, 0.25) is 0 Å². The number of methoxy groups -OCH3 is 1. The molecule has 0 radical (unpaired) electrons. The van der Waals surface area contributed by atoms with Crippen LogP contribution < -0.4 is 4.74 Å². The molecule has 0 unspecified atom stereocenters. The number of aryl methyl sites for hydroxylation is 2. The van der Waals surface area contributed by atoms with Crippen molar-refractivity contribution in [3.05, 3.63) is 57.1 Å². The molecule has 0 atom stereocenters. The summed E-state index contributed by atoms with van der Waals surface area (Å²) >= 11 is 0. The van der Waals surface area contributed by atoms with Gasteiger partial charge in [-0.05, 0) is 49.2 Å². The van der Waals surface area contributed by atoms with Crippen molar-refractivity contribution >= 4 is 17.6 Å². The normalized spacial score (nSPS) is 10.9. The molecule has 2 rings (SSSR count). The van der Waals surface area contributed by atoms with Crippen LogP contribution in [0.4, 0.5) is 11.4 Å². The van der Waals surface area contributed by atoms with Gasteiger partial charge in [-0.1, -0.05) is 6.07 Å². The van der Waals surface area contributed by atoms with Crippen LogP contribution in [-0.4, -0.2) is 23.4 Å². The van der Waals surface area contributed by atoms with Crippen LogP contribution in [0.15, 0.2) is 35.3 Å². The Hall–Kier alpha value is -2.89. The van der Waals surface area contributed by atoms with Crippen LogP contribution in [0.25, 0.3) is 0 Å². The lowest BCUT2D eigenvalue weighted by molar-refractivity contribution is -0.385. The number of aromatic hydroxyl groups is 1. The Balaban J connectivity index is 2.49. The molecule has 22 heavy (non-hydrogen) atoms. The maximum Gasteiger partial charge on any atom is 0.323 e. The Labute approximate surface area is 127 Å². The molecule has 0 aliphatic carbocycles. The average Bonchev–Trinajstić information content (AvgIpc) is 2.44. The fourth-order valence-corrected chi connectivity index (χ4v) is 2.24. The fraction of sp³-hybridized carbons (Fsp3) is 0.188. The van der Waals surface area contributed by atoms with Gasteiger partial charge in [0.2, 0.25) is 5.75 Å². The first-order chi connectivity index (χ1) is 10.4. The van der Waals surface area contributed by atoms with E-state index in [1.165, 1.54) is 25.5 Å². The van der Waals surface area contributed by atoms with E-state index in [1.54, 1.807) is 0 Å². The standard InChI is InChI=1S/C16H16N2O4/c1-10-6-11(2)8-13(7-10)17-9-12-4-5-14(19)16(22-3)15(12)18(20)21/h4-9,19H,1-3H3. The molecular weight excluding hydrogens is 284 g/mol. The Kier molecular flexibility index (Phi) is 4.41. The number of nitrogens with zero attached hydrogens (tertiary/aromatic N) is 2. The van der Waals surface area contributed by atoms with Gasteiger partial charge in [0, 0.05) is 6.21 Å². The number of hydrogen-bond acceptors (Lipinski definition) is 5. The van der Waals surface area contributed by atoms with Gasteiger partial charge in [0.1, 0.15) is 0 Å². The first-order valence-electron chi connectivity index (χ1n) is 6.59. The molecule has 6 nitrogen and oxygen atoms in total. The van der Waals surface area contributed by atoms with Crippen LogP contribution in [0.3, 0.4) is 0 Å². The lowest BCUT2D eigenvalue weighted by Crippen LogP contribution is -1.98. The highest BCUT2D eigenvalue weighted by atomic mass is 16.6. The van der Waals surface area contributed by atoms with E-state index < -0.39 is 4.92 Å². The van der Waals surface area contributed by atoms with Crippen molar-refractivity contribution < 1.29 is 14.8 Å². The largest absolute Gasteiger partial charge is 0.504 e. The molecule has 114 valence electrons. The van der Waals surface area contributed by atoms with Gasteiger partial charge in [-0.25, -0.2) is 0 Å². The predicted octanol–water partition coefficient (Wildman–Crippen LogP) is 3.68. The van der Waals surface area contributed by atoms with Crippen molar-refractivity contribution in [3.8, 4) is 11.5 Å². The molecule has 6 heteroatoms. The summed E-state index contributed by atoms with van der Waals surface area (Å²) in [5.41, 5.74) is 2.78. The summed E-state index contributed by atoms with van der Waals surface area (Å²) in [4.78, 5) is 14.9. The molecule has 0 saturated heterocycles. The number of nitro groups is 1. The van der Waals surface area contributed by atoms with Gasteiger partial charge >= 0.3 is 5.69 Å². The summed E-state index contributed by atoms with van der Waals surface area (Å²) in [6, 6.07) is 8.56. The van der Waals surface area contributed by atoms with Crippen LogP contribution in [0.1, 0.15) is 16.7 Å². The van der Waals surface area contributed by atoms with Gasteiger partial charge in [-0.15, -0.1) is 0 Å². The highest BCUT2D eigenvalue weighted by Gasteiger charge is 2.23. The molecule has 2 aromatic rings. The molecule has 0 aliphatic rings. The number of nitro benzene ring substituents is 1. The van der Waals surface area contributed by atoms with Crippen molar-refractivity contribution in [2.24, 2.45) is 4.99 Å². The monoisotopic (exact) mass is 300 g/mol. The van der Waals surface area contributed by atoms with Gasteiger partial charge in [0.05, 0.1) is 23.3 Å². The minimum atomic E-state index is -0.596. The summed E-state index contributed by atoms with van der Waals surface area (Å²) in [6.07, 6.45) is 1.40. The van der Waals surface area contributed by atoms with Gasteiger partial charge in [-0.2, -0.15) is 0 Å². The Morgan fingerprint density at radius 2 is 1.86 bits per heavy atom. The first-order valence-corrected chi connectivity index (χ1v) is 6.59. The van der Waals surface area contributed by atoms with Gasteiger partial charge in [0.25, 0.3) is 0 Å². The summed E-state index contributed by atoms with van der Waals surface area (Å²) in [6.45, 7) is 3.91. The molecule has 0 spiro atoms. The summed E-state index contributed by atoms with van der Waals surface area (Å²) in [5, 5.41) is 20.9. The van der Waals surface area contributed by atoms with E-state index in [0.29, 0.717) is 5.69 Å². The van der Waals surface area contributed by atoms with Crippen LogP contribution in [0, 0.1) is 24.0 Å². The predicted molar refractivity (Wildman–Crippen MR) is 84.5 cm³/mol. The lowest BCUT2D eigenvalue weighted by atomic mass is 10.1. The minimum Gasteiger partial charge on any atom is -0.504 e. The number of hydrogen-bond donors (Lipinski definition) is 1. The molecule has 0 saturated carbocycles. The number of benzene rings is 2. The second-order valence-corrected chi connectivity index (χ2v) is 4.92. The summed E-state index contributed by atoms with van der Waals surface area (Å²) in [5.74, 6) is -0.452.